The highest BCUT2D eigenvalue weighted by Gasteiger charge is 2.25. The Bertz CT molecular complexity index is 1250. The predicted octanol–water partition coefficient (Wildman–Crippen LogP) is 3.55. The Hall–Kier alpha value is -4.01. The number of hydrogen-bond acceptors (Lipinski definition) is 8. The monoisotopic (exact) mass is 446 g/mol. The molecule has 33 heavy (non-hydrogen) atoms. The molecule has 2 aromatic carbocycles. The van der Waals surface area contributed by atoms with E-state index < -0.39 is 0 Å². The summed E-state index contributed by atoms with van der Waals surface area (Å²) in [4.78, 5) is 11.8. The lowest BCUT2D eigenvalue weighted by Crippen LogP contribution is -2.29. The summed E-state index contributed by atoms with van der Waals surface area (Å²) in [6.45, 7) is 2.12. The van der Waals surface area contributed by atoms with Gasteiger partial charge in [0.2, 0.25) is 11.7 Å². The quantitative estimate of drug-likeness (QED) is 0.424. The van der Waals surface area contributed by atoms with Gasteiger partial charge in [-0.2, -0.15) is 15.1 Å². The van der Waals surface area contributed by atoms with Crippen molar-refractivity contribution in [3.63, 3.8) is 0 Å². The third-order valence-electron chi connectivity index (χ3n) is 5.78. The minimum absolute atomic E-state index is 0.487. The molecule has 0 atom stereocenters. The van der Waals surface area contributed by atoms with Crippen molar-refractivity contribution in [3.8, 4) is 17.2 Å². The zero-order valence-electron chi connectivity index (χ0n) is 18.9. The summed E-state index contributed by atoms with van der Waals surface area (Å²) in [6.07, 6.45) is 0.863. The summed E-state index contributed by atoms with van der Waals surface area (Å²) in [7, 11) is 4.80. The molecule has 2 aromatic heterocycles. The second kappa shape index (κ2) is 8.85. The summed E-state index contributed by atoms with van der Waals surface area (Å²) < 4.78 is 16.3. The van der Waals surface area contributed by atoms with Gasteiger partial charge in [-0.15, -0.1) is 0 Å². The van der Waals surface area contributed by atoms with Gasteiger partial charge in [0.25, 0.3) is 0 Å². The predicted molar refractivity (Wildman–Crippen MR) is 126 cm³/mol. The van der Waals surface area contributed by atoms with Crippen LogP contribution in [0.5, 0.6) is 17.2 Å². The van der Waals surface area contributed by atoms with Crippen LogP contribution in [0, 0.1) is 0 Å². The van der Waals surface area contributed by atoms with Crippen LogP contribution < -0.4 is 24.4 Å². The van der Waals surface area contributed by atoms with E-state index in [0.717, 1.165) is 47.6 Å². The lowest BCUT2D eigenvalue weighted by molar-refractivity contribution is 0.324. The van der Waals surface area contributed by atoms with Crippen molar-refractivity contribution in [1.29, 1.82) is 0 Å². The molecule has 0 bridgehead atoms. The van der Waals surface area contributed by atoms with Crippen LogP contribution in [0.3, 0.4) is 0 Å². The molecule has 4 aromatic rings. The van der Waals surface area contributed by atoms with Crippen molar-refractivity contribution >= 4 is 22.8 Å². The largest absolute Gasteiger partial charge is 0.493 e. The van der Waals surface area contributed by atoms with Gasteiger partial charge >= 0.3 is 0 Å². The van der Waals surface area contributed by atoms with Crippen LogP contribution in [0.15, 0.2) is 42.5 Å². The van der Waals surface area contributed by atoms with Gasteiger partial charge in [0, 0.05) is 26.1 Å². The van der Waals surface area contributed by atoms with Gasteiger partial charge < -0.3 is 24.4 Å². The SMILES string of the molecule is COc1cc(CNc2nc3c4c(n[nH]c4n2)CCN3Cc2ccccc2)cc(OC)c1OC. The molecular weight excluding hydrogens is 420 g/mol. The normalized spacial score (nSPS) is 12.6. The van der Waals surface area contributed by atoms with E-state index in [1.165, 1.54) is 5.56 Å². The van der Waals surface area contributed by atoms with Crippen molar-refractivity contribution < 1.29 is 14.2 Å². The fourth-order valence-electron chi connectivity index (χ4n) is 4.18. The first kappa shape index (κ1) is 20.9. The first-order chi connectivity index (χ1) is 16.2. The van der Waals surface area contributed by atoms with E-state index in [1.807, 2.05) is 18.2 Å². The lowest BCUT2D eigenvalue weighted by Gasteiger charge is -2.28. The van der Waals surface area contributed by atoms with Gasteiger partial charge in [0.15, 0.2) is 17.1 Å². The zero-order valence-corrected chi connectivity index (χ0v) is 18.9. The second-order valence-electron chi connectivity index (χ2n) is 7.81. The average Bonchev–Trinajstić information content (AvgIpc) is 3.28. The molecule has 2 N–H and O–H groups in total. The minimum Gasteiger partial charge on any atom is -0.493 e. The van der Waals surface area contributed by atoms with Gasteiger partial charge in [-0.25, -0.2) is 0 Å². The Morgan fingerprint density at radius 1 is 0.970 bits per heavy atom. The Morgan fingerprint density at radius 3 is 2.42 bits per heavy atom. The Balaban J connectivity index is 1.44. The van der Waals surface area contributed by atoms with Crippen molar-refractivity contribution in [2.75, 3.05) is 38.1 Å². The van der Waals surface area contributed by atoms with Crippen LogP contribution in [0.25, 0.3) is 11.0 Å². The molecule has 0 unspecified atom stereocenters. The number of methoxy groups -OCH3 is 3. The highest BCUT2D eigenvalue weighted by atomic mass is 16.5. The van der Waals surface area contributed by atoms with Crippen LogP contribution in [-0.4, -0.2) is 48.0 Å². The van der Waals surface area contributed by atoms with E-state index in [9.17, 15) is 0 Å². The van der Waals surface area contributed by atoms with Crippen molar-refractivity contribution in [1.82, 2.24) is 20.2 Å². The zero-order chi connectivity index (χ0) is 22.8. The van der Waals surface area contributed by atoms with Gasteiger partial charge in [-0.3, -0.25) is 5.10 Å². The Labute approximate surface area is 191 Å². The molecule has 1 aliphatic heterocycles. The molecule has 1 aliphatic rings. The molecule has 0 amide bonds. The molecule has 0 saturated carbocycles. The molecule has 170 valence electrons. The summed E-state index contributed by atoms with van der Waals surface area (Å²) in [5.74, 6) is 3.19. The van der Waals surface area contributed by atoms with E-state index in [-0.39, 0.29) is 0 Å². The number of hydrogen-bond donors (Lipinski definition) is 2. The number of anilines is 2. The number of aromatic amines is 1. The highest BCUT2D eigenvalue weighted by Crippen LogP contribution is 2.38. The van der Waals surface area contributed by atoms with Crippen molar-refractivity contribution in [2.24, 2.45) is 0 Å². The molecule has 0 radical (unpaired) electrons. The molecule has 3 heterocycles. The van der Waals surface area contributed by atoms with Crippen molar-refractivity contribution in [2.45, 2.75) is 19.5 Å². The van der Waals surface area contributed by atoms with Gasteiger partial charge in [0.1, 0.15) is 5.82 Å². The molecule has 0 fully saturated rings. The van der Waals surface area contributed by atoms with E-state index in [1.54, 1.807) is 21.3 Å². The number of nitrogens with one attached hydrogen (secondary N) is 2. The maximum absolute atomic E-state index is 5.46. The number of aromatic nitrogens is 4. The first-order valence-corrected chi connectivity index (χ1v) is 10.8. The van der Waals surface area contributed by atoms with Crippen LogP contribution in [-0.2, 0) is 19.5 Å². The van der Waals surface area contributed by atoms with E-state index >= 15 is 0 Å². The van der Waals surface area contributed by atoms with E-state index in [4.69, 9.17) is 19.2 Å². The second-order valence-corrected chi connectivity index (χ2v) is 7.81. The number of H-pyrrole nitrogens is 1. The van der Waals surface area contributed by atoms with E-state index in [0.29, 0.717) is 29.7 Å². The van der Waals surface area contributed by atoms with E-state index in [2.05, 4.69) is 49.7 Å². The molecule has 0 spiro atoms. The Kier molecular flexibility index (Phi) is 5.60. The van der Waals surface area contributed by atoms with Crippen molar-refractivity contribution in [3.05, 3.63) is 59.3 Å². The average molecular weight is 447 g/mol. The van der Waals surface area contributed by atoms with Crippen LogP contribution in [0.2, 0.25) is 0 Å². The number of rotatable bonds is 8. The fraction of sp³-hybridized carbons (Fsp3) is 0.292. The first-order valence-electron chi connectivity index (χ1n) is 10.8. The summed E-state index contributed by atoms with van der Waals surface area (Å²) in [5, 5.41) is 11.9. The van der Waals surface area contributed by atoms with Crippen LogP contribution >= 0.6 is 0 Å². The standard InChI is InChI=1S/C24H26N6O3/c1-31-18-11-16(12-19(32-2)21(18)33-3)13-25-24-26-22-20-17(28-29-22)9-10-30(23(20)27-24)14-15-7-5-4-6-8-15/h4-8,11-12H,9-10,13-14H2,1-3H3,(H2,25,26,27,28,29). The maximum Gasteiger partial charge on any atom is 0.226 e. The smallest absolute Gasteiger partial charge is 0.226 e. The topological polar surface area (TPSA) is 97.4 Å². The number of benzene rings is 2. The molecule has 0 aliphatic carbocycles. The Morgan fingerprint density at radius 2 is 1.73 bits per heavy atom. The van der Waals surface area contributed by atoms with Gasteiger partial charge in [-0.1, -0.05) is 30.3 Å². The number of ether oxygens (including phenoxy) is 3. The molecule has 0 saturated heterocycles. The fourth-order valence-corrected chi connectivity index (χ4v) is 4.18. The summed E-state index contributed by atoms with van der Waals surface area (Å²) in [5.41, 5.74) is 3.94. The maximum atomic E-state index is 5.46. The minimum atomic E-state index is 0.487. The highest BCUT2D eigenvalue weighted by molar-refractivity contribution is 5.91. The third-order valence-corrected chi connectivity index (χ3v) is 5.78. The molecule has 9 heteroatoms. The van der Waals surface area contributed by atoms with Gasteiger partial charge in [-0.05, 0) is 23.3 Å². The van der Waals surface area contributed by atoms with Gasteiger partial charge in [0.05, 0.1) is 32.4 Å². The lowest BCUT2D eigenvalue weighted by atomic mass is 10.1. The molecular formula is C24H26N6O3. The number of nitrogens with zero attached hydrogens (tertiary/aromatic N) is 4. The molecule has 9 nitrogen and oxygen atoms in total. The summed E-state index contributed by atoms with van der Waals surface area (Å²) in [6, 6.07) is 14.2. The van der Waals surface area contributed by atoms with Crippen LogP contribution in [0.4, 0.5) is 11.8 Å². The van der Waals surface area contributed by atoms with Crippen LogP contribution in [0.1, 0.15) is 16.8 Å². The third kappa shape index (κ3) is 3.97. The summed E-state index contributed by atoms with van der Waals surface area (Å²) >= 11 is 0. The molecule has 5 rings (SSSR count).